The molecule has 0 atom stereocenters. The molecule has 1 aromatic rings. The molecule has 3 nitrogen and oxygen atoms in total. The van der Waals surface area contributed by atoms with Crippen molar-refractivity contribution in [2.75, 3.05) is 24.6 Å². The molecule has 0 saturated heterocycles. The molecular formula is C11H15BrF2N2O. The number of nitrogens with zero attached hydrogens (tertiary/aromatic N) is 1. The number of rotatable bonds is 6. The van der Waals surface area contributed by atoms with Gasteiger partial charge in [0.1, 0.15) is 0 Å². The van der Waals surface area contributed by atoms with Crippen LogP contribution < -0.4 is 10.6 Å². The van der Waals surface area contributed by atoms with Gasteiger partial charge in [-0.1, -0.05) is 15.9 Å². The molecule has 0 spiro atoms. The minimum absolute atomic E-state index is 0.166. The lowest BCUT2D eigenvalue weighted by Crippen LogP contribution is -2.32. The summed E-state index contributed by atoms with van der Waals surface area (Å²) in [6.45, 7) is -0.152. The molecule has 0 bridgehead atoms. The molecule has 3 N–H and O–H groups in total. The van der Waals surface area contributed by atoms with Crippen LogP contribution in [0.3, 0.4) is 0 Å². The Bertz CT molecular complexity index is 363. The van der Waals surface area contributed by atoms with E-state index >= 15 is 0 Å². The second-order valence-electron chi connectivity index (χ2n) is 3.54. The molecule has 0 aliphatic rings. The highest BCUT2D eigenvalue weighted by Gasteiger charge is 2.15. The van der Waals surface area contributed by atoms with Gasteiger partial charge in [0, 0.05) is 23.2 Å². The molecule has 6 heteroatoms. The van der Waals surface area contributed by atoms with Crippen molar-refractivity contribution in [3.05, 3.63) is 28.2 Å². The van der Waals surface area contributed by atoms with Crippen molar-refractivity contribution < 1.29 is 13.9 Å². The number of halogens is 3. The van der Waals surface area contributed by atoms with Crippen LogP contribution in [-0.4, -0.2) is 31.2 Å². The minimum atomic E-state index is -2.45. The molecule has 0 fully saturated rings. The first-order valence-electron chi connectivity index (χ1n) is 5.21. The smallest absolute Gasteiger partial charge is 0.255 e. The maximum atomic E-state index is 12.4. The van der Waals surface area contributed by atoms with Gasteiger partial charge in [0.15, 0.2) is 0 Å². The van der Waals surface area contributed by atoms with Crippen LogP contribution in [0.1, 0.15) is 5.56 Å². The van der Waals surface area contributed by atoms with Gasteiger partial charge in [-0.05, 0) is 23.8 Å². The van der Waals surface area contributed by atoms with Gasteiger partial charge in [-0.15, -0.1) is 0 Å². The van der Waals surface area contributed by atoms with Gasteiger partial charge in [-0.2, -0.15) is 0 Å². The van der Waals surface area contributed by atoms with Crippen LogP contribution in [0, 0.1) is 0 Å². The van der Waals surface area contributed by atoms with Gasteiger partial charge in [0.25, 0.3) is 6.43 Å². The summed E-state index contributed by atoms with van der Waals surface area (Å²) < 4.78 is 25.7. The lowest BCUT2D eigenvalue weighted by Gasteiger charge is -2.26. The quantitative estimate of drug-likeness (QED) is 0.845. The maximum Gasteiger partial charge on any atom is 0.255 e. The van der Waals surface area contributed by atoms with Crippen molar-refractivity contribution in [1.29, 1.82) is 0 Å². The molecule has 0 radical (unpaired) electrons. The average Bonchev–Trinajstić information content (AvgIpc) is 2.27. The van der Waals surface area contributed by atoms with Crippen molar-refractivity contribution in [3.8, 4) is 0 Å². The standard InChI is InChI=1S/C11H15BrF2N2O/c12-9-1-2-10(8(5-9)6-15)16(3-4-17)7-11(13)14/h1-2,5,11,17H,3-4,6-7,15H2. The zero-order chi connectivity index (χ0) is 12.8. The summed E-state index contributed by atoms with van der Waals surface area (Å²) in [5.41, 5.74) is 7.00. The van der Waals surface area contributed by atoms with E-state index in [2.05, 4.69) is 15.9 Å². The number of aliphatic hydroxyl groups is 1. The SMILES string of the molecule is NCc1cc(Br)ccc1N(CCO)CC(F)F. The van der Waals surface area contributed by atoms with E-state index in [0.717, 1.165) is 10.0 Å². The van der Waals surface area contributed by atoms with E-state index in [9.17, 15) is 8.78 Å². The minimum Gasteiger partial charge on any atom is -0.395 e. The largest absolute Gasteiger partial charge is 0.395 e. The Labute approximate surface area is 107 Å². The van der Waals surface area contributed by atoms with Crippen LogP contribution in [0.15, 0.2) is 22.7 Å². The fourth-order valence-electron chi connectivity index (χ4n) is 1.62. The van der Waals surface area contributed by atoms with E-state index in [4.69, 9.17) is 10.8 Å². The van der Waals surface area contributed by atoms with Crippen LogP contribution in [0.4, 0.5) is 14.5 Å². The molecule has 0 aromatic heterocycles. The number of anilines is 1. The number of alkyl halides is 2. The van der Waals surface area contributed by atoms with Crippen LogP contribution in [0.2, 0.25) is 0 Å². The highest BCUT2D eigenvalue weighted by Crippen LogP contribution is 2.24. The Kier molecular flexibility index (Phi) is 5.80. The van der Waals surface area contributed by atoms with Gasteiger partial charge in [0.2, 0.25) is 0 Å². The Hall–Kier alpha value is -0.720. The molecule has 0 amide bonds. The summed E-state index contributed by atoms with van der Waals surface area (Å²) in [5, 5.41) is 8.90. The summed E-state index contributed by atoms with van der Waals surface area (Å²) in [4.78, 5) is 1.44. The third-order valence-corrected chi connectivity index (χ3v) is 2.82. The first-order valence-corrected chi connectivity index (χ1v) is 6.00. The fraction of sp³-hybridized carbons (Fsp3) is 0.455. The van der Waals surface area contributed by atoms with Gasteiger partial charge >= 0.3 is 0 Å². The topological polar surface area (TPSA) is 49.5 Å². The predicted octanol–water partition coefficient (Wildman–Crippen LogP) is 1.97. The molecule has 17 heavy (non-hydrogen) atoms. The van der Waals surface area contributed by atoms with Gasteiger partial charge in [-0.25, -0.2) is 8.78 Å². The zero-order valence-electron chi connectivity index (χ0n) is 9.24. The lowest BCUT2D eigenvalue weighted by atomic mass is 10.1. The van der Waals surface area contributed by atoms with E-state index in [1.165, 1.54) is 4.90 Å². The summed E-state index contributed by atoms with van der Waals surface area (Å²) in [7, 11) is 0. The molecular weight excluding hydrogens is 294 g/mol. The third-order valence-electron chi connectivity index (χ3n) is 2.33. The Morgan fingerprint density at radius 2 is 2.12 bits per heavy atom. The van der Waals surface area contributed by atoms with Crippen molar-refractivity contribution in [2.45, 2.75) is 13.0 Å². The molecule has 0 unspecified atom stereocenters. The number of hydrogen-bond acceptors (Lipinski definition) is 3. The molecule has 0 aliphatic heterocycles. The third kappa shape index (κ3) is 4.22. The van der Waals surface area contributed by atoms with Crippen molar-refractivity contribution >= 4 is 21.6 Å². The molecule has 0 saturated carbocycles. The number of benzene rings is 1. The lowest BCUT2D eigenvalue weighted by molar-refractivity contribution is 0.152. The normalized spacial score (nSPS) is 10.9. The van der Waals surface area contributed by atoms with Gasteiger partial charge in [0.05, 0.1) is 13.2 Å². The highest BCUT2D eigenvalue weighted by molar-refractivity contribution is 9.10. The number of nitrogens with two attached hydrogens (primary N) is 1. The average molecular weight is 309 g/mol. The fourth-order valence-corrected chi connectivity index (χ4v) is 2.03. The van der Waals surface area contributed by atoms with Crippen LogP contribution in [0.5, 0.6) is 0 Å². The maximum absolute atomic E-state index is 12.4. The first-order chi connectivity index (χ1) is 8.08. The second kappa shape index (κ2) is 6.88. The van der Waals surface area contributed by atoms with Gasteiger partial charge < -0.3 is 15.7 Å². The Morgan fingerprint density at radius 3 is 2.65 bits per heavy atom. The van der Waals surface area contributed by atoms with Gasteiger partial charge in [-0.3, -0.25) is 0 Å². The molecule has 1 aromatic carbocycles. The second-order valence-corrected chi connectivity index (χ2v) is 4.45. The van der Waals surface area contributed by atoms with E-state index in [-0.39, 0.29) is 19.7 Å². The highest BCUT2D eigenvalue weighted by atomic mass is 79.9. The summed E-state index contributed by atoms with van der Waals surface area (Å²) in [6, 6.07) is 5.29. The summed E-state index contributed by atoms with van der Waals surface area (Å²) in [6.07, 6.45) is -2.45. The Morgan fingerprint density at radius 1 is 1.41 bits per heavy atom. The number of aliphatic hydroxyl groups excluding tert-OH is 1. The summed E-state index contributed by atoms with van der Waals surface area (Å²) >= 11 is 3.30. The van der Waals surface area contributed by atoms with E-state index in [1.54, 1.807) is 18.2 Å². The molecule has 1 rings (SSSR count). The van der Waals surface area contributed by atoms with Crippen molar-refractivity contribution in [2.24, 2.45) is 5.73 Å². The van der Waals surface area contributed by atoms with E-state index in [1.807, 2.05) is 0 Å². The summed E-state index contributed by atoms with van der Waals surface area (Å²) in [5.74, 6) is 0. The predicted molar refractivity (Wildman–Crippen MR) is 67.3 cm³/mol. The zero-order valence-corrected chi connectivity index (χ0v) is 10.8. The number of hydrogen-bond donors (Lipinski definition) is 2. The van der Waals surface area contributed by atoms with Crippen molar-refractivity contribution in [3.63, 3.8) is 0 Å². The van der Waals surface area contributed by atoms with E-state index < -0.39 is 13.0 Å². The van der Waals surface area contributed by atoms with Crippen molar-refractivity contribution in [1.82, 2.24) is 0 Å². The Balaban J connectivity index is 2.99. The molecule has 96 valence electrons. The van der Waals surface area contributed by atoms with E-state index in [0.29, 0.717) is 5.69 Å². The van der Waals surface area contributed by atoms with Crippen LogP contribution in [0.25, 0.3) is 0 Å². The molecule has 0 heterocycles. The monoisotopic (exact) mass is 308 g/mol. The van der Waals surface area contributed by atoms with Crippen LogP contribution >= 0.6 is 15.9 Å². The van der Waals surface area contributed by atoms with Crippen LogP contribution in [-0.2, 0) is 6.54 Å². The molecule has 0 aliphatic carbocycles. The first kappa shape index (κ1) is 14.3.